The lowest BCUT2D eigenvalue weighted by Crippen LogP contribution is -2.52. The van der Waals surface area contributed by atoms with Gasteiger partial charge in [-0.15, -0.1) is 0 Å². The molecular formula is C12H18N2O2. The van der Waals surface area contributed by atoms with Crippen molar-refractivity contribution in [2.75, 3.05) is 19.6 Å². The zero-order chi connectivity index (χ0) is 11.7. The van der Waals surface area contributed by atoms with Gasteiger partial charge in [0.15, 0.2) is 0 Å². The monoisotopic (exact) mass is 222 g/mol. The van der Waals surface area contributed by atoms with E-state index >= 15 is 0 Å². The van der Waals surface area contributed by atoms with E-state index in [9.17, 15) is 4.79 Å². The topological polar surface area (TPSA) is 45.5 Å². The Kier molecular flexibility index (Phi) is 3.01. The number of carbonyl (C=O) groups is 1. The molecule has 4 heteroatoms. The average Bonchev–Trinajstić information content (AvgIpc) is 2.58. The van der Waals surface area contributed by atoms with Gasteiger partial charge in [0.05, 0.1) is 5.56 Å². The van der Waals surface area contributed by atoms with Crippen molar-refractivity contribution in [3.8, 4) is 0 Å². The molecule has 0 saturated carbocycles. The van der Waals surface area contributed by atoms with Gasteiger partial charge in [0.25, 0.3) is 5.91 Å². The van der Waals surface area contributed by atoms with Crippen LogP contribution < -0.4 is 5.32 Å². The maximum Gasteiger partial charge on any atom is 0.257 e. The molecule has 88 valence electrons. The van der Waals surface area contributed by atoms with Gasteiger partial charge >= 0.3 is 0 Å². The van der Waals surface area contributed by atoms with Crippen LogP contribution in [0.1, 0.15) is 28.8 Å². The molecule has 1 aliphatic rings. The molecule has 1 aromatic heterocycles. The highest BCUT2D eigenvalue weighted by Crippen LogP contribution is 2.17. The van der Waals surface area contributed by atoms with Crippen LogP contribution in [-0.4, -0.2) is 36.5 Å². The highest BCUT2D eigenvalue weighted by Gasteiger charge is 2.26. The molecule has 1 aromatic rings. The van der Waals surface area contributed by atoms with Gasteiger partial charge in [-0.3, -0.25) is 4.79 Å². The summed E-state index contributed by atoms with van der Waals surface area (Å²) in [5.41, 5.74) is 0.700. The number of rotatable bonds is 1. The number of piperazine rings is 1. The van der Waals surface area contributed by atoms with Crippen LogP contribution in [0.3, 0.4) is 0 Å². The standard InChI is InChI=1S/C12H18N2O2/c1-8-7-13-4-5-14(8)12(15)11-6-9(2)16-10(11)3/h6,8,13H,4-5,7H2,1-3H3. The highest BCUT2D eigenvalue weighted by atomic mass is 16.3. The quantitative estimate of drug-likeness (QED) is 0.779. The minimum atomic E-state index is 0.0864. The fourth-order valence-electron chi connectivity index (χ4n) is 2.14. The second kappa shape index (κ2) is 4.29. The Balaban J connectivity index is 2.21. The molecule has 1 aliphatic heterocycles. The van der Waals surface area contributed by atoms with Crippen LogP contribution in [0.25, 0.3) is 0 Å². The van der Waals surface area contributed by atoms with Gasteiger partial charge in [-0.2, -0.15) is 0 Å². The third-order valence-electron chi connectivity index (χ3n) is 3.03. The molecule has 2 heterocycles. The summed E-state index contributed by atoms with van der Waals surface area (Å²) in [6.45, 7) is 8.27. The van der Waals surface area contributed by atoms with Crippen LogP contribution in [0.15, 0.2) is 10.5 Å². The summed E-state index contributed by atoms with van der Waals surface area (Å²) < 4.78 is 5.40. The van der Waals surface area contributed by atoms with E-state index in [1.54, 1.807) is 0 Å². The van der Waals surface area contributed by atoms with E-state index in [2.05, 4.69) is 12.2 Å². The predicted octanol–water partition coefficient (Wildman–Crippen LogP) is 1.33. The van der Waals surface area contributed by atoms with Gasteiger partial charge in [-0.25, -0.2) is 0 Å². The minimum Gasteiger partial charge on any atom is -0.466 e. The number of hydrogen-bond acceptors (Lipinski definition) is 3. The summed E-state index contributed by atoms with van der Waals surface area (Å²) in [6, 6.07) is 2.07. The van der Waals surface area contributed by atoms with E-state index in [1.807, 2.05) is 24.8 Å². The van der Waals surface area contributed by atoms with Crippen LogP contribution in [0.4, 0.5) is 0 Å². The van der Waals surface area contributed by atoms with Gasteiger partial charge in [0.2, 0.25) is 0 Å². The third kappa shape index (κ3) is 1.97. The third-order valence-corrected chi connectivity index (χ3v) is 3.03. The Morgan fingerprint density at radius 3 is 2.88 bits per heavy atom. The number of carbonyl (C=O) groups excluding carboxylic acids is 1. The van der Waals surface area contributed by atoms with E-state index in [1.165, 1.54) is 0 Å². The van der Waals surface area contributed by atoms with E-state index < -0.39 is 0 Å². The first-order valence-electron chi connectivity index (χ1n) is 5.68. The molecule has 1 N–H and O–H groups in total. The summed E-state index contributed by atoms with van der Waals surface area (Å²) >= 11 is 0. The molecule has 1 saturated heterocycles. The van der Waals surface area contributed by atoms with E-state index in [-0.39, 0.29) is 11.9 Å². The number of amides is 1. The Hall–Kier alpha value is -1.29. The first kappa shape index (κ1) is 11.2. The lowest BCUT2D eigenvalue weighted by Gasteiger charge is -2.33. The number of aryl methyl sites for hydroxylation is 2. The zero-order valence-electron chi connectivity index (χ0n) is 10.0. The molecule has 0 aliphatic carbocycles. The maximum absolute atomic E-state index is 12.3. The summed E-state index contributed by atoms with van der Waals surface area (Å²) in [6.07, 6.45) is 0. The summed E-state index contributed by atoms with van der Waals surface area (Å²) in [5.74, 6) is 1.60. The van der Waals surface area contributed by atoms with Crippen molar-refractivity contribution in [1.82, 2.24) is 10.2 Å². The average molecular weight is 222 g/mol. The smallest absolute Gasteiger partial charge is 0.257 e. The molecule has 1 amide bonds. The van der Waals surface area contributed by atoms with Crippen molar-refractivity contribution in [3.63, 3.8) is 0 Å². The Morgan fingerprint density at radius 2 is 2.31 bits per heavy atom. The Bertz CT molecular complexity index is 398. The largest absolute Gasteiger partial charge is 0.466 e. The molecule has 0 spiro atoms. The van der Waals surface area contributed by atoms with Crippen LogP contribution >= 0.6 is 0 Å². The fraction of sp³-hybridized carbons (Fsp3) is 0.583. The molecule has 4 nitrogen and oxygen atoms in total. The van der Waals surface area contributed by atoms with Gasteiger partial charge < -0.3 is 14.6 Å². The van der Waals surface area contributed by atoms with Crippen LogP contribution in [-0.2, 0) is 0 Å². The summed E-state index contributed by atoms with van der Waals surface area (Å²) in [7, 11) is 0. The minimum absolute atomic E-state index is 0.0864. The van der Waals surface area contributed by atoms with Gasteiger partial charge in [0.1, 0.15) is 11.5 Å². The second-order valence-corrected chi connectivity index (χ2v) is 4.38. The number of furan rings is 1. The normalized spacial score (nSPS) is 21.2. The van der Waals surface area contributed by atoms with Crippen molar-refractivity contribution < 1.29 is 9.21 Å². The molecule has 1 unspecified atom stereocenters. The first-order chi connectivity index (χ1) is 7.59. The van der Waals surface area contributed by atoms with Crippen molar-refractivity contribution in [3.05, 3.63) is 23.2 Å². The summed E-state index contributed by atoms with van der Waals surface area (Å²) in [5, 5.41) is 3.27. The van der Waals surface area contributed by atoms with Crippen molar-refractivity contribution >= 4 is 5.91 Å². The van der Waals surface area contributed by atoms with Gasteiger partial charge in [-0.1, -0.05) is 0 Å². The number of nitrogens with one attached hydrogen (secondary N) is 1. The fourth-order valence-corrected chi connectivity index (χ4v) is 2.14. The molecule has 0 aromatic carbocycles. The molecule has 16 heavy (non-hydrogen) atoms. The van der Waals surface area contributed by atoms with Crippen molar-refractivity contribution in [2.45, 2.75) is 26.8 Å². The van der Waals surface area contributed by atoms with E-state index in [4.69, 9.17) is 4.42 Å². The molecular weight excluding hydrogens is 204 g/mol. The molecule has 1 atom stereocenters. The Morgan fingerprint density at radius 1 is 1.56 bits per heavy atom. The lowest BCUT2D eigenvalue weighted by atomic mass is 10.1. The van der Waals surface area contributed by atoms with Crippen LogP contribution in [0.2, 0.25) is 0 Å². The highest BCUT2D eigenvalue weighted by molar-refractivity contribution is 5.95. The SMILES string of the molecule is Cc1cc(C(=O)N2CCNCC2C)c(C)o1. The van der Waals surface area contributed by atoms with E-state index in [0.717, 1.165) is 25.4 Å². The van der Waals surface area contributed by atoms with Crippen LogP contribution in [0, 0.1) is 13.8 Å². The maximum atomic E-state index is 12.3. The van der Waals surface area contributed by atoms with Gasteiger partial charge in [-0.05, 0) is 26.8 Å². The van der Waals surface area contributed by atoms with E-state index in [0.29, 0.717) is 11.3 Å². The molecule has 0 radical (unpaired) electrons. The number of hydrogen-bond donors (Lipinski definition) is 1. The lowest BCUT2D eigenvalue weighted by molar-refractivity contribution is 0.0654. The molecule has 1 fully saturated rings. The second-order valence-electron chi connectivity index (χ2n) is 4.38. The van der Waals surface area contributed by atoms with Crippen LogP contribution in [0.5, 0.6) is 0 Å². The predicted molar refractivity (Wildman–Crippen MR) is 61.6 cm³/mol. The Labute approximate surface area is 95.6 Å². The van der Waals surface area contributed by atoms with Crippen molar-refractivity contribution in [2.24, 2.45) is 0 Å². The molecule has 2 rings (SSSR count). The zero-order valence-corrected chi connectivity index (χ0v) is 10.0. The first-order valence-corrected chi connectivity index (χ1v) is 5.68. The summed E-state index contributed by atoms with van der Waals surface area (Å²) in [4.78, 5) is 14.2. The number of nitrogens with zero attached hydrogens (tertiary/aromatic N) is 1. The van der Waals surface area contributed by atoms with Crippen molar-refractivity contribution in [1.29, 1.82) is 0 Å². The molecule has 0 bridgehead atoms. The van der Waals surface area contributed by atoms with Gasteiger partial charge in [0, 0.05) is 25.7 Å².